The first-order valence-electron chi connectivity index (χ1n) is 5.75. The van der Waals surface area contributed by atoms with Gasteiger partial charge in [-0.3, -0.25) is 0 Å². The molecule has 2 aromatic rings. The molecule has 17 heavy (non-hydrogen) atoms. The third kappa shape index (κ3) is 3.12. The summed E-state index contributed by atoms with van der Waals surface area (Å²) in [5.41, 5.74) is 2.09. The minimum atomic E-state index is 0.623. The summed E-state index contributed by atoms with van der Waals surface area (Å²) in [6, 6.07) is 4.06. The summed E-state index contributed by atoms with van der Waals surface area (Å²) in [6.45, 7) is 5.20. The maximum Gasteiger partial charge on any atom is 0.243 e. The average Bonchev–Trinajstić information content (AvgIpc) is 2.68. The number of aryl methyl sites for hydroxylation is 1. The number of fused-ring (bicyclic) bond motifs is 1. The lowest BCUT2D eigenvalue weighted by molar-refractivity contribution is 0.696. The molecule has 0 aliphatic heterocycles. The number of pyridine rings is 1. The van der Waals surface area contributed by atoms with Gasteiger partial charge >= 0.3 is 0 Å². The summed E-state index contributed by atoms with van der Waals surface area (Å²) in [6.07, 6.45) is 4.07. The number of aromatic nitrogens is 3. The predicted molar refractivity (Wildman–Crippen MR) is 73.8 cm³/mol. The van der Waals surface area contributed by atoms with E-state index in [9.17, 15) is 0 Å². The lowest BCUT2D eigenvalue weighted by atomic mass is 10.2. The monoisotopic (exact) mass is 250 g/mol. The molecule has 0 saturated carbocycles. The van der Waals surface area contributed by atoms with Gasteiger partial charge in [0.1, 0.15) is 0 Å². The molecule has 0 spiro atoms. The van der Waals surface area contributed by atoms with Crippen LogP contribution in [0.25, 0.3) is 5.65 Å². The van der Waals surface area contributed by atoms with Gasteiger partial charge in [0.15, 0.2) is 5.65 Å². The van der Waals surface area contributed by atoms with E-state index in [0.717, 1.165) is 17.9 Å². The van der Waals surface area contributed by atoms with Crippen LogP contribution in [0.1, 0.15) is 12.5 Å². The maximum absolute atomic E-state index is 4.44. The van der Waals surface area contributed by atoms with Gasteiger partial charge < -0.3 is 5.32 Å². The van der Waals surface area contributed by atoms with Crippen molar-refractivity contribution in [3.63, 3.8) is 0 Å². The minimum absolute atomic E-state index is 0.623. The van der Waals surface area contributed by atoms with E-state index in [0.29, 0.717) is 11.9 Å². The van der Waals surface area contributed by atoms with Gasteiger partial charge in [-0.05, 0) is 42.5 Å². The highest BCUT2D eigenvalue weighted by molar-refractivity contribution is 7.98. The summed E-state index contributed by atoms with van der Waals surface area (Å²) in [7, 11) is 0. The Kier molecular flexibility index (Phi) is 3.89. The molecule has 0 aromatic carbocycles. The van der Waals surface area contributed by atoms with Crippen LogP contribution in [-0.4, -0.2) is 33.2 Å². The van der Waals surface area contributed by atoms with Crippen LogP contribution < -0.4 is 5.32 Å². The van der Waals surface area contributed by atoms with Crippen LogP contribution in [0.4, 0.5) is 5.95 Å². The molecule has 0 aliphatic carbocycles. The van der Waals surface area contributed by atoms with Gasteiger partial charge in [-0.25, -0.2) is 4.52 Å². The van der Waals surface area contributed by atoms with Crippen LogP contribution in [-0.2, 0) is 0 Å². The number of rotatable bonds is 5. The van der Waals surface area contributed by atoms with E-state index in [-0.39, 0.29) is 0 Å². The number of nitrogens with one attached hydrogen (secondary N) is 1. The Morgan fingerprint density at radius 1 is 1.53 bits per heavy atom. The number of thioether (sulfide) groups is 1. The molecule has 0 amide bonds. The molecule has 2 aromatic heterocycles. The highest BCUT2D eigenvalue weighted by atomic mass is 32.2. The van der Waals surface area contributed by atoms with Crippen molar-refractivity contribution in [3.05, 3.63) is 23.9 Å². The van der Waals surface area contributed by atoms with Crippen LogP contribution in [0, 0.1) is 12.8 Å². The SMILES string of the molecule is CSCC(C)CNc1nc2cc(C)ccn2n1. The third-order valence-electron chi connectivity index (χ3n) is 2.55. The van der Waals surface area contributed by atoms with Crippen LogP contribution >= 0.6 is 11.8 Å². The Hall–Kier alpha value is -1.23. The fourth-order valence-electron chi connectivity index (χ4n) is 1.67. The molecule has 0 fully saturated rings. The summed E-state index contributed by atoms with van der Waals surface area (Å²) in [4.78, 5) is 4.44. The van der Waals surface area contributed by atoms with Crippen molar-refractivity contribution < 1.29 is 0 Å². The van der Waals surface area contributed by atoms with Gasteiger partial charge in [0, 0.05) is 12.7 Å². The molecule has 0 saturated heterocycles. The fourth-order valence-corrected chi connectivity index (χ4v) is 2.35. The van der Waals surface area contributed by atoms with Crippen molar-refractivity contribution >= 4 is 23.4 Å². The largest absolute Gasteiger partial charge is 0.353 e. The van der Waals surface area contributed by atoms with Crippen molar-refractivity contribution in [1.29, 1.82) is 0 Å². The van der Waals surface area contributed by atoms with Crippen molar-refractivity contribution in [2.75, 3.05) is 23.9 Å². The molecule has 1 N–H and O–H groups in total. The van der Waals surface area contributed by atoms with Gasteiger partial charge in [0.2, 0.25) is 5.95 Å². The molecule has 0 bridgehead atoms. The number of anilines is 1. The normalized spacial score (nSPS) is 12.9. The third-order valence-corrected chi connectivity index (χ3v) is 3.46. The Balaban J connectivity index is 2.04. The van der Waals surface area contributed by atoms with E-state index in [1.807, 2.05) is 30.1 Å². The van der Waals surface area contributed by atoms with Crippen molar-refractivity contribution in [1.82, 2.24) is 14.6 Å². The van der Waals surface area contributed by atoms with E-state index in [4.69, 9.17) is 0 Å². The topological polar surface area (TPSA) is 42.2 Å². The molecular weight excluding hydrogens is 232 g/mol. The molecule has 4 nitrogen and oxygen atoms in total. The first-order chi connectivity index (χ1) is 8.19. The van der Waals surface area contributed by atoms with Crippen LogP contribution in [0.15, 0.2) is 18.3 Å². The van der Waals surface area contributed by atoms with E-state index < -0.39 is 0 Å². The standard InChI is InChI=1S/C12H18N4S/c1-9-4-5-16-11(6-9)14-12(15-16)13-7-10(2)8-17-3/h4-6,10H,7-8H2,1-3H3,(H,13,15). The molecule has 0 aliphatic rings. The Morgan fingerprint density at radius 2 is 2.35 bits per heavy atom. The van der Waals surface area contributed by atoms with Gasteiger partial charge in [-0.1, -0.05) is 6.92 Å². The van der Waals surface area contributed by atoms with Gasteiger partial charge in [-0.2, -0.15) is 16.7 Å². The number of hydrogen-bond donors (Lipinski definition) is 1. The maximum atomic E-state index is 4.44. The summed E-state index contributed by atoms with van der Waals surface area (Å²) >= 11 is 1.87. The summed E-state index contributed by atoms with van der Waals surface area (Å²) in [5.74, 6) is 2.49. The van der Waals surface area contributed by atoms with E-state index in [1.165, 1.54) is 5.56 Å². The van der Waals surface area contributed by atoms with Gasteiger partial charge in [0.05, 0.1) is 0 Å². The molecule has 2 rings (SSSR count). The minimum Gasteiger partial charge on any atom is -0.353 e. The zero-order chi connectivity index (χ0) is 12.3. The quantitative estimate of drug-likeness (QED) is 0.885. The molecule has 1 atom stereocenters. The molecule has 0 radical (unpaired) electrons. The van der Waals surface area contributed by atoms with Crippen LogP contribution in [0.5, 0.6) is 0 Å². The molecular formula is C12H18N4S. The average molecular weight is 250 g/mol. The fraction of sp³-hybridized carbons (Fsp3) is 0.500. The Labute approximate surface area is 106 Å². The van der Waals surface area contributed by atoms with Crippen LogP contribution in [0.2, 0.25) is 0 Å². The van der Waals surface area contributed by atoms with Crippen molar-refractivity contribution in [2.45, 2.75) is 13.8 Å². The highest BCUT2D eigenvalue weighted by Gasteiger charge is 2.05. The van der Waals surface area contributed by atoms with E-state index >= 15 is 0 Å². The van der Waals surface area contributed by atoms with Crippen molar-refractivity contribution in [2.24, 2.45) is 5.92 Å². The summed E-state index contributed by atoms with van der Waals surface area (Å²) < 4.78 is 1.80. The van der Waals surface area contributed by atoms with Gasteiger partial charge in [-0.15, -0.1) is 5.10 Å². The zero-order valence-corrected chi connectivity index (χ0v) is 11.3. The smallest absolute Gasteiger partial charge is 0.243 e. The first-order valence-corrected chi connectivity index (χ1v) is 7.14. The zero-order valence-electron chi connectivity index (χ0n) is 10.5. The number of nitrogens with zero attached hydrogens (tertiary/aromatic N) is 3. The second-order valence-electron chi connectivity index (χ2n) is 4.38. The van der Waals surface area contributed by atoms with E-state index in [2.05, 4.69) is 35.5 Å². The highest BCUT2D eigenvalue weighted by Crippen LogP contribution is 2.09. The molecule has 92 valence electrons. The van der Waals surface area contributed by atoms with Crippen LogP contribution in [0.3, 0.4) is 0 Å². The molecule has 5 heteroatoms. The lowest BCUT2D eigenvalue weighted by Crippen LogP contribution is -2.14. The summed E-state index contributed by atoms with van der Waals surface area (Å²) in [5, 5.41) is 7.66. The molecule has 1 unspecified atom stereocenters. The van der Waals surface area contributed by atoms with E-state index in [1.54, 1.807) is 4.52 Å². The second kappa shape index (κ2) is 5.40. The van der Waals surface area contributed by atoms with Gasteiger partial charge in [0.25, 0.3) is 0 Å². The lowest BCUT2D eigenvalue weighted by Gasteiger charge is -2.08. The predicted octanol–water partition coefficient (Wildman–Crippen LogP) is 2.45. The Bertz CT molecular complexity index is 494. The first kappa shape index (κ1) is 12.2. The molecule has 2 heterocycles. The Morgan fingerprint density at radius 3 is 3.12 bits per heavy atom. The second-order valence-corrected chi connectivity index (χ2v) is 5.29. The number of hydrogen-bond acceptors (Lipinski definition) is 4. The van der Waals surface area contributed by atoms with Crippen molar-refractivity contribution in [3.8, 4) is 0 Å².